The molecule has 1 atom stereocenters. The molecule has 0 saturated carbocycles. The lowest BCUT2D eigenvalue weighted by atomic mass is 10.1. The highest BCUT2D eigenvalue weighted by atomic mass is 19.1. The van der Waals surface area contributed by atoms with E-state index in [-0.39, 0.29) is 11.9 Å². The molecule has 1 aromatic heterocycles. The maximum Gasteiger partial charge on any atom is 0.123 e. The predicted molar refractivity (Wildman–Crippen MR) is 81.2 cm³/mol. The summed E-state index contributed by atoms with van der Waals surface area (Å²) in [7, 11) is 0. The van der Waals surface area contributed by atoms with Gasteiger partial charge in [0.1, 0.15) is 17.7 Å². The summed E-state index contributed by atoms with van der Waals surface area (Å²) in [6.45, 7) is 2.90. The van der Waals surface area contributed by atoms with E-state index in [4.69, 9.17) is 4.74 Å². The lowest BCUT2D eigenvalue weighted by molar-refractivity contribution is 0.211. The highest BCUT2D eigenvalue weighted by Gasteiger charge is 2.23. The van der Waals surface area contributed by atoms with Crippen molar-refractivity contribution in [3.63, 3.8) is 0 Å². The van der Waals surface area contributed by atoms with Crippen LogP contribution < -0.4 is 4.74 Å². The summed E-state index contributed by atoms with van der Waals surface area (Å²) in [5.74, 6) is 0.620. The average Bonchev–Trinajstić information content (AvgIpc) is 3.04. The summed E-state index contributed by atoms with van der Waals surface area (Å²) in [6.07, 6.45) is 2.93. The third-order valence-corrected chi connectivity index (χ3v) is 4.20. The first-order chi connectivity index (χ1) is 10.2. The molecule has 2 aromatic carbocycles. The van der Waals surface area contributed by atoms with Gasteiger partial charge in [0.15, 0.2) is 0 Å². The summed E-state index contributed by atoms with van der Waals surface area (Å²) in [5, 5.41) is 1.28. The maximum absolute atomic E-state index is 13.3. The quantitative estimate of drug-likeness (QED) is 0.690. The Morgan fingerprint density at radius 2 is 2.14 bits per heavy atom. The number of ether oxygens (including phenoxy) is 1. The first kappa shape index (κ1) is 12.5. The van der Waals surface area contributed by atoms with Crippen LogP contribution in [0.15, 0.2) is 48.7 Å². The van der Waals surface area contributed by atoms with Gasteiger partial charge in [-0.15, -0.1) is 0 Å². The van der Waals surface area contributed by atoms with Crippen molar-refractivity contribution >= 4 is 10.9 Å². The van der Waals surface area contributed by atoms with Crippen molar-refractivity contribution in [1.29, 1.82) is 0 Å². The summed E-state index contributed by atoms with van der Waals surface area (Å²) in [6, 6.07) is 13.2. The number of hydrogen-bond acceptors (Lipinski definition) is 1. The van der Waals surface area contributed by atoms with Crippen molar-refractivity contribution in [3.8, 4) is 5.75 Å². The Morgan fingerprint density at radius 3 is 3.05 bits per heavy atom. The van der Waals surface area contributed by atoms with Gasteiger partial charge in [0.05, 0.1) is 6.54 Å². The number of aryl methyl sites for hydroxylation is 1. The van der Waals surface area contributed by atoms with E-state index < -0.39 is 0 Å². The van der Waals surface area contributed by atoms with Crippen molar-refractivity contribution in [3.05, 3.63) is 65.6 Å². The van der Waals surface area contributed by atoms with Gasteiger partial charge in [-0.25, -0.2) is 4.39 Å². The van der Waals surface area contributed by atoms with E-state index in [1.165, 1.54) is 22.5 Å². The van der Waals surface area contributed by atoms with Gasteiger partial charge >= 0.3 is 0 Å². The number of nitrogens with zero attached hydrogens (tertiary/aromatic N) is 1. The van der Waals surface area contributed by atoms with E-state index in [1.54, 1.807) is 12.1 Å². The Bertz CT molecular complexity index is 821. The summed E-state index contributed by atoms with van der Waals surface area (Å²) >= 11 is 0. The zero-order valence-electron chi connectivity index (χ0n) is 11.8. The van der Waals surface area contributed by atoms with Crippen molar-refractivity contribution in [2.45, 2.75) is 26.0 Å². The number of fused-ring (bicyclic) bond motifs is 2. The molecule has 4 rings (SSSR count). The number of aromatic nitrogens is 1. The lowest BCUT2D eigenvalue weighted by Gasteiger charge is -2.13. The van der Waals surface area contributed by atoms with E-state index in [0.717, 1.165) is 24.3 Å². The molecular formula is C18H16FNO. The third-order valence-electron chi connectivity index (χ3n) is 4.20. The molecule has 0 saturated heterocycles. The van der Waals surface area contributed by atoms with Gasteiger partial charge in [0.25, 0.3) is 0 Å². The fraction of sp³-hybridized carbons (Fsp3) is 0.222. The maximum atomic E-state index is 13.3. The molecule has 21 heavy (non-hydrogen) atoms. The molecule has 0 N–H and O–H groups in total. The van der Waals surface area contributed by atoms with Crippen LogP contribution in [0.4, 0.5) is 4.39 Å². The molecule has 1 aliphatic rings. The molecular weight excluding hydrogens is 265 g/mol. The van der Waals surface area contributed by atoms with Crippen molar-refractivity contribution < 1.29 is 9.13 Å². The minimum absolute atomic E-state index is 0.0675. The normalized spacial score (nSPS) is 17.0. The molecule has 1 aliphatic heterocycles. The molecule has 0 aliphatic carbocycles. The summed E-state index contributed by atoms with van der Waals surface area (Å²) in [5.41, 5.74) is 3.47. The zero-order valence-corrected chi connectivity index (χ0v) is 11.8. The van der Waals surface area contributed by atoms with Gasteiger partial charge in [-0.05, 0) is 42.8 Å². The second-order valence-electron chi connectivity index (χ2n) is 5.67. The predicted octanol–water partition coefficient (Wildman–Crippen LogP) is 4.09. The molecule has 3 heteroatoms. The highest BCUT2D eigenvalue weighted by molar-refractivity contribution is 5.83. The molecule has 2 heterocycles. The minimum atomic E-state index is -0.194. The van der Waals surface area contributed by atoms with E-state index in [1.807, 2.05) is 0 Å². The molecule has 3 aromatic rings. The van der Waals surface area contributed by atoms with E-state index in [9.17, 15) is 4.39 Å². The zero-order chi connectivity index (χ0) is 14.4. The number of benzene rings is 2. The Hall–Kier alpha value is -2.29. The molecule has 1 unspecified atom stereocenters. The molecule has 2 nitrogen and oxygen atoms in total. The SMILES string of the molecule is Cc1cccc2c1ccn2CC1Cc2cc(F)ccc2O1. The van der Waals surface area contributed by atoms with Crippen molar-refractivity contribution in [2.24, 2.45) is 0 Å². The lowest BCUT2D eigenvalue weighted by Crippen LogP contribution is -2.20. The van der Waals surface area contributed by atoms with Gasteiger partial charge in [-0.3, -0.25) is 0 Å². The van der Waals surface area contributed by atoms with Gasteiger partial charge in [0, 0.05) is 29.1 Å². The highest BCUT2D eigenvalue weighted by Crippen LogP contribution is 2.30. The van der Waals surface area contributed by atoms with Crippen LogP contribution >= 0.6 is 0 Å². The smallest absolute Gasteiger partial charge is 0.123 e. The number of halogens is 1. The standard InChI is InChI=1S/C18H16FNO/c1-12-3-2-4-17-16(12)7-8-20(17)11-15-10-13-9-14(19)5-6-18(13)21-15/h2-9,15H,10-11H2,1H3. The number of hydrogen-bond donors (Lipinski definition) is 0. The third kappa shape index (κ3) is 2.09. The first-order valence-electron chi connectivity index (χ1n) is 7.20. The van der Waals surface area contributed by atoms with Crippen LogP contribution in [0.1, 0.15) is 11.1 Å². The Balaban J connectivity index is 1.61. The largest absolute Gasteiger partial charge is 0.488 e. The second kappa shape index (κ2) is 4.62. The van der Waals surface area contributed by atoms with E-state index in [0.29, 0.717) is 0 Å². The van der Waals surface area contributed by atoms with Crippen LogP contribution in [0.5, 0.6) is 5.75 Å². The molecule has 0 amide bonds. The van der Waals surface area contributed by atoms with E-state index in [2.05, 4.69) is 42.0 Å². The fourth-order valence-electron chi connectivity index (χ4n) is 3.15. The fourth-order valence-corrected chi connectivity index (χ4v) is 3.15. The average molecular weight is 281 g/mol. The topological polar surface area (TPSA) is 14.2 Å². The molecule has 0 spiro atoms. The van der Waals surface area contributed by atoms with Crippen LogP contribution in [-0.4, -0.2) is 10.7 Å². The van der Waals surface area contributed by atoms with Gasteiger partial charge in [-0.1, -0.05) is 12.1 Å². The van der Waals surface area contributed by atoms with Crippen LogP contribution in [0.2, 0.25) is 0 Å². The molecule has 0 radical (unpaired) electrons. The Morgan fingerprint density at radius 1 is 1.24 bits per heavy atom. The molecule has 0 fully saturated rings. The minimum Gasteiger partial charge on any atom is -0.488 e. The second-order valence-corrected chi connectivity index (χ2v) is 5.67. The van der Waals surface area contributed by atoms with E-state index >= 15 is 0 Å². The van der Waals surface area contributed by atoms with Gasteiger partial charge in [0.2, 0.25) is 0 Å². The Labute approximate surface area is 122 Å². The first-order valence-corrected chi connectivity index (χ1v) is 7.20. The van der Waals surface area contributed by atoms with Crippen LogP contribution in [0, 0.1) is 12.7 Å². The monoisotopic (exact) mass is 281 g/mol. The summed E-state index contributed by atoms with van der Waals surface area (Å²) in [4.78, 5) is 0. The van der Waals surface area contributed by atoms with Crippen LogP contribution in [-0.2, 0) is 13.0 Å². The Kier molecular flexibility index (Phi) is 2.74. The van der Waals surface area contributed by atoms with Crippen LogP contribution in [0.25, 0.3) is 10.9 Å². The number of rotatable bonds is 2. The van der Waals surface area contributed by atoms with Gasteiger partial charge in [-0.2, -0.15) is 0 Å². The van der Waals surface area contributed by atoms with Crippen molar-refractivity contribution in [1.82, 2.24) is 4.57 Å². The van der Waals surface area contributed by atoms with Crippen LogP contribution in [0.3, 0.4) is 0 Å². The molecule has 0 bridgehead atoms. The molecule has 106 valence electrons. The van der Waals surface area contributed by atoms with Crippen molar-refractivity contribution in [2.75, 3.05) is 0 Å². The van der Waals surface area contributed by atoms with Gasteiger partial charge < -0.3 is 9.30 Å². The summed E-state index contributed by atoms with van der Waals surface area (Å²) < 4.78 is 21.4.